The van der Waals surface area contributed by atoms with Gasteiger partial charge in [0.1, 0.15) is 11.5 Å². The predicted molar refractivity (Wildman–Crippen MR) is 89.4 cm³/mol. The van der Waals surface area contributed by atoms with Crippen LogP contribution in [0.3, 0.4) is 0 Å². The zero-order valence-electron chi connectivity index (χ0n) is 13.7. The largest absolute Gasteiger partial charge is 0.497 e. The lowest BCUT2D eigenvalue weighted by Gasteiger charge is -2.16. The highest BCUT2D eigenvalue weighted by atomic mass is 16.5. The Morgan fingerprint density at radius 1 is 1.09 bits per heavy atom. The molecule has 23 heavy (non-hydrogen) atoms. The number of aryl methyl sites for hydroxylation is 1. The third kappa shape index (κ3) is 4.03. The van der Waals surface area contributed by atoms with E-state index >= 15 is 0 Å². The quantitative estimate of drug-likeness (QED) is 0.847. The van der Waals surface area contributed by atoms with Crippen LogP contribution in [-0.4, -0.2) is 25.3 Å². The maximum absolute atomic E-state index is 11.7. The molecular weight excluding hydrogens is 292 g/mol. The van der Waals surface area contributed by atoms with Crippen LogP contribution in [0.4, 0.5) is 0 Å². The number of ether oxygens (including phenoxy) is 2. The molecule has 2 rings (SSSR count). The van der Waals surface area contributed by atoms with Crippen molar-refractivity contribution < 1.29 is 19.4 Å². The van der Waals surface area contributed by atoms with E-state index in [-0.39, 0.29) is 0 Å². The summed E-state index contributed by atoms with van der Waals surface area (Å²) in [6, 6.07) is 13.1. The summed E-state index contributed by atoms with van der Waals surface area (Å²) in [5.41, 5.74) is 2.83. The van der Waals surface area contributed by atoms with E-state index in [1.165, 1.54) is 5.56 Å². The Morgan fingerprint density at radius 3 is 2.30 bits per heavy atom. The molecule has 1 unspecified atom stereocenters. The Labute approximate surface area is 136 Å². The molecule has 0 aliphatic heterocycles. The summed E-state index contributed by atoms with van der Waals surface area (Å²) >= 11 is 0. The molecule has 0 radical (unpaired) electrons. The van der Waals surface area contributed by atoms with Crippen molar-refractivity contribution >= 4 is 5.97 Å². The first-order chi connectivity index (χ1) is 11.1. The van der Waals surface area contributed by atoms with Gasteiger partial charge in [-0.15, -0.1) is 0 Å². The third-order valence-corrected chi connectivity index (χ3v) is 3.99. The van der Waals surface area contributed by atoms with Crippen LogP contribution in [0.1, 0.15) is 29.5 Å². The average Bonchev–Trinajstić information content (AvgIpc) is 2.59. The molecule has 122 valence electrons. The second-order valence-corrected chi connectivity index (χ2v) is 5.37. The maximum Gasteiger partial charge on any atom is 0.311 e. The molecule has 1 atom stereocenters. The van der Waals surface area contributed by atoms with Crippen molar-refractivity contribution in [3.8, 4) is 11.5 Å². The van der Waals surface area contributed by atoms with Crippen LogP contribution in [0, 0.1) is 0 Å². The first-order valence-electron chi connectivity index (χ1n) is 7.61. The summed E-state index contributed by atoms with van der Waals surface area (Å²) < 4.78 is 10.5. The van der Waals surface area contributed by atoms with Crippen molar-refractivity contribution in [3.63, 3.8) is 0 Å². The molecule has 2 aromatic rings. The molecule has 0 bridgehead atoms. The van der Waals surface area contributed by atoms with Crippen LogP contribution in [0.2, 0.25) is 0 Å². The van der Waals surface area contributed by atoms with Gasteiger partial charge < -0.3 is 14.6 Å². The summed E-state index contributed by atoms with van der Waals surface area (Å²) in [6.45, 7) is 2.07. The van der Waals surface area contributed by atoms with Crippen LogP contribution in [0.25, 0.3) is 0 Å². The number of carboxylic acid groups (broad SMARTS) is 1. The van der Waals surface area contributed by atoms with E-state index in [1.807, 2.05) is 18.2 Å². The zero-order chi connectivity index (χ0) is 16.8. The van der Waals surface area contributed by atoms with E-state index in [9.17, 15) is 9.90 Å². The topological polar surface area (TPSA) is 55.8 Å². The molecule has 0 heterocycles. The van der Waals surface area contributed by atoms with E-state index in [0.29, 0.717) is 12.2 Å². The van der Waals surface area contributed by atoms with Gasteiger partial charge in [0, 0.05) is 0 Å². The van der Waals surface area contributed by atoms with Crippen molar-refractivity contribution in [2.24, 2.45) is 0 Å². The number of hydrogen-bond donors (Lipinski definition) is 1. The molecule has 0 fully saturated rings. The van der Waals surface area contributed by atoms with Gasteiger partial charge in [-0.3, -0.25) is 4.79 Å². The molecule has 4 nitrogen and oxygen atoms in total. The minimum atomic E-state index is -0.848. The van der Waals surface area contributed by atoms with Crippen molar-refractivity contribution in [2.45, 2.75) is 25.7 Å². The molecule has 2 aromatic carbocycles. The van der Waals surface area contributed by atoms with Gasteiger partial charge in [0.25, 0.3) is 0 Å². The minimum Gasteiger partial charge on any atom is -0.497 e. The highest BCUT2D eigenvalue weighted by molar-refractivity contribution is 5.76. The van der Waals surface area contributed by atoms with Crippen molar-refractivity contribution in [3.05, 3.63) is 59.2 Å². The lowest BCUT2D eigenvalue weighted by Crippen LogP contribution is -2.15. The van der Waals surface area contributed by atoms with Gasteiger partial charge in [-0.2, -0.15) is 0 Å². The molecule has 0 saturated heterocycles. The third-order valence-electron chi connectivity index (χ3n) is 3.99. The molecule has 0 aliphatic carbocycles. The van der Waals surface area contributed by atoms with Crippen LogP contribution in [-0.2, 0) is 17.6 Å². The van der Waals surface area contributed by atoms with Crippen molar-refractivity contribution in [1.29, 1.82) is 0 Å². The van der Waals surface area contributed by atoms with Gasteiger partial charge in [0.05, 0.1) is 20.1 Å². The summed E-state index contributed by atoms with van der Waals surface area (Å²) in [6.07, 6.45) is 1.29. The Morgan fingerprint density at radius 2 is 1.78 bits per heavy atom. The first-order valence-corrected chi connectivity index (χ1v) is 7.61. The molecule has 0 saturated carbocycles. The number of aliphatic carboxylic acids is 1. The number of benzene rings is 2. The molecular formula is C19H22O4. The Bertz CT molecular complexity index is 662. The monoisotopic (exact) mass is 314 g/mol. The van der Waals surface area contributed by atoms with E-state index in [0.717, 1.165) is 23.3 Å². The van der Waals surface area contributed by atoms with Crippen LogP contribution >= 0.6 is 0 Å². The van der Waals surface area contributed by atoms with E-state index in [4.69, 9.17) is 9.47 Å². The Kier molecular flexibility index (Phi) is 5.63. The lowest BCUT2D eigenvalue weighted by atomic mass is 9.90. The number of rotatable bonds is 7. The maximum atomic E-state index is 11.7. The number of carbonyl (C=O) groups is 1. The molecule has 0 amide bonds. The molecule has 0 aromatic heterocycles. The smallest absolute Gasteiger partial charge is 0.311 e. The Balaban J connectivity index is 2.34. The van der Waals surface area contributed by atoms with E-state index < -0.39 is 11.9 Å². The predicted octanol–water partition coefficient (Wildman–Crippen LogP) is 3.68. The fourth-order valence-electron chi connectivity index (χ4n) is 2.62. The summed E-state index contributed by atoms with van der Waals surface area (Å²) in [4.78, 5) is 11.7. The molecule has 0 aliphatic rings. The number of carboxylic acids is 1. The van der Waals surface area contributed by atoms with Gasteiger partial charge >= 0.3 is 5.97 Å². The number of hydrogen-bond acceptors (Lipinski definition) is 3. The number of methoxy groups -OCH3 is 2. The second kappa shape index (κ2) is 7.68. The minimum absolute atomic E-state index is 0.388. The second-order valence-electron chi connectivity index (χ2n) is 5.37. The van der Waals surface area contributed by atoms with Gasteiger partial charge in [-0.1, -0.05) is 31.2 Å². The van der Waals surface area contributed by atoms with Gasteiger partial charge in [-0.05, 0) is 47.7 Å². The Hall–Kier alpha value is -2.49. The zero-order valence-corrected chi connectivity index (χ0v) is 13.7. The molecule has 0 spiro atoms. The standard InChI is InChI=1S/C19H22O4/c1-4-13-5-10-18(23-3)15(11-13)12-17(19(20)21)14-6-8-16(22-2)9-7-14/h5-11,17H,4,12H2,1-3H3,(H,20,21). The van der Waals surface area contributed by atoms with Crippen molar-refractivity contribution in [2.75, 3.05) is 14.2 Å². The lowest BCUT2D eigenvalue weighted by molar-refractivity contribution is -0.138. The van der Waals surface area contributed by atoms with Gasteiger partial charge in [0.15, 0.2) is 0 Å². The average molecular weight is 314 g/mol. The van der Waals surface area contributed by atoms with Gasteiger partial charge in [0.2, 0.25) is 0 Å². The van der Waals surface area contributed by atoms with Crippen molar-refractivity contribution in [1.82, 2.24) is 0 Å². The summed E-state index contributed by atoms with van der Waals surface area (Å²) in [7, 11) is 3.19. The fourth-order valence-corrected chi connectivity index (χ4v) is 2.62. The SMILES string of the molecule is CCc1ccc(OC)c(CC(C(=O)O)c2ccc(OC)cc2)c1. The van der Waals surface area contributed by atoms with E-state index in [1.54, 1.807) is 38.5 Å². The molecule has 1 N–H and O–H groups in total. The van der Waals surface area contributed by atoms with Crippen LogP contribution in [0.5, 0.6) is 11.5 Å². The van der Waals surface area contributed by atoms with Gasteiger partial charge in [-0.25, -0.2) is 0 Å². The van der Waals surface area contributed by atoms with E-state index in [2.05, 4.69) is 6.92 Å². The highest BCUT2D eigenvalue weighted by Crippen LogP contribution is 2.29. The van der Waals surface area contributed by atoms with Crippen LogP contribution in [0.15, 0.2) is 42.5 Å². The summed E-state index contributed by atoms with van der Waals surface area (Å²) in [5, 5.41) is 9.63. The highest BCUT2D eigenvalue weighted by Gasteiger charge is 2.22. The normalized spacial score (nSPS) is 11.8. The van der Waals surface area contributed by atoms with Crippen LogP contribution < -0.4 is 9.47 Å². The summed E-state index contributed by atoms with van der Waals surface area (Å²) in [5.74, 6) is -0.0357. The first kappa shape index (κ1) is 16.9. The molecule has 4 heteroatoms. The fraction of sp³-hybridized carbons (Fsp3) is 0.316.